The molecule has 0 atom stereocenters. The van der Waals surface area contributed by atoms with Gasteiger partial charge in [0.1, 0.15) is 17.2 Å². The number of nitriles is 2. The van der Waals surface area contributed by atoms with E-state index in [0.717, 1.165) is 54.9 Å². The molecule has 7 aromatic rings. The molecule has 36 heavy (non-hydrogen) atoms. The van der Waals surface area contributed by atoms with Gasteiger partial charge in [-0.1, -0.05) is 54.6 Å². The Labute approximate surface area is 206 Å². The molecular weight excluding hydrogens is 442 g/mol. The summed E-state index contributed by atoms with van der Waals surface area (Å²) in [5, 5.41) is 23.6. The van der Waals surface area contributed by atoms with E-state index in [0.29, 0.717) is 16.8 Å². The van der Waals surface area contributed by atoms with E-state index >= 15 is 0 Å². The minimum atomic E-state index is 0.504. The third kappa shape index (κ3) is 2.79. The molecule has 0 saturated carbocycles. The van der Waals surface area contributed by atoms with Crippen LogP contribution in [-0.4, -0.2) is 4.57 Å². The first-order valence-corrected chi connectivity index (χ1v) is 11.7. The van der Waals surface area contributed by atoms with Crippen LogP contribution in [0.3, 0.4) is 0 Å². The summed E-state index contributed by atoms with van der Waals surface area (Å²) in [5.41, 5.74) is 7.44. The molecule has 0 unspecified atom stereocenters. The van der Waals surface area contributed by atoms with Crippen LogP contribution in [0.1, 0.15) is 11.1 Å². The van der Waals surface area contributed by atoms with Crippen LogP contribution in [0.5, 0.6) is 0 Å². The topological polar surface area (TPSA) is 65.7 Å². The van der Waals surface area contributed by atoms with E-state index < -0.39 is 0 Å². The van der Waals surface area contributed by atoms with E-state index in [9.17, 15) is 10.5 Å². The van der Waals surface area contributed by atoms with Gasteiger partial charge in [0.15, 0.2) is 0 Å². The fraction of sp³-hybridized carbons (Fsp3) is 0. The van der Waals surface area contributed by atoms with Crippen molar-refractivity contribution in [1.29, 1.82) is 10.5 Å². The van der Waals surface area contributed by atoms with E-state index in [-0.39, 0.29) is 0 Å². The summed E-state index contributed by atoms with van der Waals surface area (Å²) in [6.07, 6.45) is 0. The van der Waals surface area contributed by atoms with Crippen molar-refractivity contribution in [3.63, 3.8) is 0 Å². The van der Waals surface area contributed by atoms with E-state index in [1.54, 1.807) is 18.2 Å². The van der Waals surface area contributed by atoms with Gasteiger partial charge in [-0.3, -0.25) is 0 Å². The Morgan fingerprint density at radius 1 is 0.611 bits per heavy atom. The first-order chi connectivity index (χ1) is 17.8. The lowest BCUT2D eigenvalue weighted by Crippen LogP contribution is -1.98. The molecule has 0 fully saturated rings. The zero-order chi connectivity index (χ0) is 24.2. The molecule has 7 rings (SSSR count). The Kier molecular flexibility index (Phi) is 4.24. The molecule has 4 heteroatoms. The number of nitrogens with zero attached hydrogens (tertiary/aromatic N) is 3. The Morgan fingerprint density at radius 2 is 1.42 bits per heavy atom. The third-order valence-corrected chi connectivity index (χ3v) is 6.87. The van der Waals surface area contributed by atoms with Gasteiger partial charge in [-0.05, 0) is 59.7 Å². The van der Waals surface area contributed by atoms with Crippen LogP contribution in [0, 0.1) is 22.7 Å². The minimum absolute atomic E-state index is 0.504. The molecule has 0 aliphatic carbocycles. The van der Waals surface area contributed by atoms with E-state index in [1.807, 2.05) is 36.4 Å². The molecule has 2 heterocycles. The maximum absolute atomic E-state index is 9.92. The van der Waals surface area contributed by atoms with Gasteiger partial charge in [0.2, 0.25) is 0 Å². The molecular formula is C32H17N3O. The average molecular weight is 460 g/mol. The molecule has 0 amide bonds. The number of aromatic nitrogens is 1. The lowest BCUT2D eigenvalue weighted by Gasteiger charge is -2.10. The SMILES string of the molecule is N#Cc1ccc(C#N)c(-n2c3ccc(-c4ccccc4)cc3c3c4oc5ccccc5c4ccc32)c1. The van der Waals surface area contributed by atoms with Crippen molar-refractivity contribution < 1.29 is 4.42 Å². The van der Waals surface area contributed by atoms with Gasteiger partial charge in [0.05, 0.1) is 39.3 Å². The molecule has 0 spiro atoms. The maximum atomic E-state index is 9.92. The van der Waals surface area contributed by atoms with Gasteiger partial charge in [0, 0.05) is 16.2 Å². The second-order valence-corrected chi connectivity index (χ2v) is 8.82. The van der Waals surface area contributed by atoms with Gasteiger partial charge in [-0.15, -0.1) is 0 Å². The average Bonchev–Trinajstić information content (AvgIpc) is 3.48. The van der Waals surface area contributed by atoms with Crippen LogP contribution in [0.2, 0.25) is 0 Å². The highest BCUT2D eigenvalue weighted by Gasteiger charge is 2.20. The van der Waals surface area contributed by atoms with E-state index in [4.69, 9.17) is 4.42 Å². The smallest absolute Gasteiger partial charge is 0.145 e. The summed E-state index contributed by atoms with van der Waals surface area (Å²) in [5.74, 6) is 0. The van der Waals surface area contributed by atoms with Crippen LogP contribution in [0.4, 0.5) is 0 Å². The Hall–Kier alpha value is -5.32. The number of rotatable bonds is 2. The van der Waals surface area contributed by atoms with Crippen molar-refractivity contribution >= 4 is 43.7 Å². The van der Waals surface area contributed by atoms with Crippen molar-refractivity contribution in [1.82, 2.24) is 4.57 Å². The summed E-state index contributed by atoms with van der Waals surface area (Å²) >= 11 is 0. The summed E-state index contributed by atoms with van der Waals surface area (Å²) in [4.78, 5) is 0. The van der Waals surface area contributed by atoms with Crippen molar-refractivity contribution in [3.05, 3.63) is 114 Å². The van der Waals surface area contributed by atoms with Crippen molar-refractivity contribution in [3.8, 4) is 29.0 Å². The fourth-order valence-electron chi connectivity index (χ4n) is 5.24. The van der Waals surface area contributed by atoms with Gasteiger partial charge in [-0.25, -0.2) is 0 Å². The summed E-state index contributed by atoms with van der Waals surface area (Å²) < 4.78 is 8.51. The normalized spacial score (nSPS) is 11.3. The number of fused-ring (bicyclic) bond motifs is 7. The fourth-order valence-corrected chi connectivity index (χ4v) is 5.24. The molecule has 0 radical (unpaired) electrons. The molecule has 0 saturated heterocycles. The summed E-state index contributed by atoms with van der Waals surface area (Å²) in [7, 11) is 0. The van der Waals surface area contributed by atoms with Crippen molar-refractivity contribution in [2.75, 3.05) is 0 Å². The lowest BCUT2D eigenvalue weighted by molar-refractivity contribution is 0.673. The van der Waals surface area contributed by atoms with Gasteiger partial charge < -0.3 is 8.98 Å². The monoisotopic (exact) mass is 459 g/mol. The van der Waals surface area contributed by atoms with Crippen LogP contribution >= 0.6 is 0 Å². The number of benzene rings is 5. The highest BCUT2D eigenvalue weighted by Crippen LogP contribution is 2.42. The van der Waals surface area contributed by atoms with Crippen LogP contribution < -0.4 is 0 Å². The molecule has 2 aromatic heterocycles. The molecule has 0 bridgehead atoms. The predicted octanol–water partition coefficient (Wildman–Crippen LogP) is 8.09. The third-order valence-electron chi connectivity index (χ3n) is 6.87. The summed E-state index contributed by atoms with van der Waals surface area (Å²) in [6.45, 7) is 0. The van der Waals surface area contributed by atoms with E-state index in [2.05, 4.69) is 65.2 Å². The quantitative estimate of drug-likeness (QED) is 0.262. The zero-order valence-corrected chi connectivity index (χ0v) is 19.1. The predicted molar refractivity (Wildman–Crippen MR) is 143 cm³/mol. The highest BCUT2D eigenvalue weighted by molar-refractivity contribution is 6.24. The molecule has 0 N–H and O–H groups in total. The molecule has 0 aliphatic rings. The second kappa shape index (κ2) is 7.60. The first-order valence-electron chi connectivity index (χ1n) is 11.7. The number of furan rings is 1. The van der Waals surface area contributed by atoms with Gasteiger partial charge >= 0.3 is 0 Å². The molecule has 0 aliphatic heterocycles. The second-order valence-electron chi connectivity index (χ2n) is 8.82. The standard InChI is InChI=1S/C32H17N3O/c33-18-20-10-11-23(19-34)29(16-20)35-27-14-12-22(21-6-2-1-3-7-21)17-26(27)31-28(35)15-13-25-24-8-4-5-9-30(24)36-32(25)31/h1-17H. The Balaban J connectivity index is 1.68. The van der Waals surface area contributed by atoms with Crippen molar-refractivity contribution in [2.24, 2.45) is 0 Å². The van der Waals surface area contributed by atoms with E-state index in [1.165, 1.54) is 0 Å². The van der Waals surface area contributed by atoms with Crippen LogP contribution in [0.25, 0.3) is 60.6 Å². The summed E-state index contributed by atoms with van der Waals surface area (Å²) in [6, 6.07) is 38.6. The van der Waals surface area contributed by atoms with Crippen LogP contribution in [-0.2, 0) is 0 Å². The molecule has 5 aromatic carbocycles. The number of hydrogen-bond acceptors (Lipinski definition) is 3. The lowest BCUT2D eigenvalue weighted by atomic mass is 10.0. The minimum Gasteiger partial charge on any atom is -0.455 e. The zero-order valence-electron chi connectivity index (χ0n) is 19.1. The van der Waals surface area contributed by atoms with Crippen molar-refractivity contribution in [2.45, 2.75) is 0 Å². The van der Waals surface area contributed by atoms with Crippen LogP contribution in [0.15, 0.2) is 108 Å². The first kappa shape index (κ1) is 20.1. The molecule has 166 valence electrons. The van der Waals surface area contributed by atoms with Gasteiger partial charge in [-0.2, -0.15) is 10.5 Å². The molecule has 4 nitrogen and oxygen atoms in total. The largest absolute Gasteiger partial charge is 0.455 e. The highest BCUT2D eigenvalue weighted by atomic mass is 16.3. The number of para-hydroxylation sites is 1. The van der Waals surface area contributed by atoms with Gasteiger partial charge in [0.25, 0.3) is 0 Å². The number of hydrogen-bond donors (Lipinski definition) is 0. The Bertz CT molecular complexity index is 2060. The maximum Gasteiger partial charge on any atom is 0.145 e. The Morgan fingerprint density at radius 3 is 2.25 bits per heavy atom.